The van der Waals surface area contributed by atoms with Crippen LogP contribution in [0.3, 0.4) is 0 Å². The van der Waals surface area contributed by atoms with E-state index in [9.17, 15) is 4.79 Å². The molecule has 3 aliphatic rings. The number of quaternary nitrogens is 1. The summed E-state index contributed by atoms with van der Waals surface area (Å²) in [6.07, 6.45) is 0.0155. The Hall–Kier alpha value is -0.610. The highest BCUT2D eigenvalue weighted by atomic mass is 16.5. The molecule has 3 fully saturated rings. The number of hydrogen-bond acceptors (Lipinski definition) is 3. The van der Waals surface area contributed by atoms with Gasteiger partial charge in [-0.3, -0.25) is 4.90 Å². The van der Waals surface area contributed by atoms with E-state index in [1.165, 1.54) is 0 Å². The first kappa shape index (κ1) is 10.9. The van der Waals surface area contributed by atoms with Gasteiger partial charge in [-0.05, 0) is 13.8 Å². The predicted molar refractivity (Wildman–Crippen MR) is 57.4 cm³/mol. The number of fused-ring (bicyclic) bond motifs is 3. The number of hydrogen-bond donors (Lipinski definition) is 0. The third-order valence-corrected chi connectivity index (χ3v) is 3.50. The van der Waals surface area contributed by atoms with Gasteiger partial charge in [0.2, 0.25) is 0 Å². The van der Waals surface area contributed by atoms with Crippen LogP contribution in [0, 0.1) is 0 Å². The maximum Gasteiger partial charge on any atom is 0.362 e. The molecule has 15 heavy (non-hydrogen) atoms. The third kappa shape index (κ3) is 2.49. The standard InChI is InChI=1S/C11H21N2O2/c1-10(2)15-11(14)9-13-6-3-12(4-7-13)5-8-13/h10H,3-9H2,1-2H3/q+1. The highest BCUT2D eigenvalue weighted by Gasteiger charge is 2.40. The van der Waals surface area contributed by atoms with Gasteiger partial charge in [-0.15, -0.1) is 0 Å². The Kier molecular flexibility index (Phi) is 2.98. The molecule has 0 aliphatic carbocycles. The first-order valence-electron chi connectivity index (χ1n) is 5.87. The van der Waals surface area contributed by atoms with E-state index < -0.39 is 0 Å². The van der Waals surface area contributed by atoms with Crippen LogP contribution in [0.25, 0.3) is 0 Å². The Labute approximate surface area is 91.4 Å². The van der Waals surface area contributed by atoms with Gasteiger partial charge in [0.1, 0.15) is 0 Å². The summed E-state index contributed by atoms with van der Waals surface area (Å²) in [7, 11) is 0. The van der Waals surface area contributed by atoms with Gasteiger partial charge in [0, 0.05) is 19.6 Å². The lowest BCUT2D eigenvalue weighted by atomic mass is 10.1. The van der Waals surface area contributed by atoms with E-state index in [1.54, 1.807) is 0 Å². The van der Waals surface area contributed by atoms with Crippen LogP contribution < -0.4 is 0 Å². The molecule has 0 unspecified atom stereocenters. The van der Waals surface area contributed by atoms with Crippen LogP contribution in [0.4, 0.5) is 0 Å². The summed E-state index contributed by atoms with van der Waals surface area (Å²) in [5.41, 5.74) is 0. The average molecular weight is 213 g/mol. The van der Waals surface area contributed by atoms with E-state index in [0.29, 0.717) is 6.54 Å². The number of piperazine rings is 3. The van der Waals surface area contributed by atoms with E-state index in [0.717, 1.165) is 43.8 Å². The molecule has 3 heterocycles. The van der Waals surface area contributed by atoms with Crippen LogP contribution in [0.15, 0.2) is 0 Å². The molecule has 4 heteroatoms. The van der Waals surface area contributed by atoms with Crippen molar-refractivity contribution in [1.82, 2.24) is 4.90 Å². The number of rotatable bonds is 3. The molecule has 4 nitrogen and oxygen atoms in total. The summed E-state index contributed by atoms with van der Waals surface area (Å²) < 4.78 is 6.19. The molecule has 0 aromatic carbocycles. The lowest BCUT2D eigenvalue weighted by Gasteiger charge is -2.49. The van der Waals surface area contributed by atoms with Gasteiger partial charge < -0.3 is 9.22 Å². The van der Waals surface area contributed by atoms with Crippen LogP contribution in [0.2, 0.25) is 0 Å². The van der Waals surface area contributed by atoms with Crippen molar-refractivity contribution in [1.29, 1.82) is 0 Å². The molecule has 0 atom stereocenters. The maximum atomic E-state index is 11.7. The average Bonchev–Trinajstić information content (AvgIpc) is 2.18. The number of nitrogens with zero attached hydrogens (tertiary/aromatic N) is 2. The molecule has 0 N–H and O–H groups in total. The summed E-state index contributed by atoms with van der Waals surface area (Å²) in [4.78, 5) is 14.1. The normalized spacial score (nSPS) is 34.5. The minimum Gasteiger partial charge on any atom is -0.459 e. The van der Waals surface area contributed by atoms with Gasteiger partial charge in [0.05, 0.1) is 25.7 Å². The molecule has 3 rings (SSSR count). The highest BCUT2D eigenvalue weighted by molar-refractivity contribution is 5.70. The molecular weight excluding hydrogens is 192 g/mol. The fraction of sp³-hybridized carbons (Fsp3) is 0.909. The van der Waals surface area contributed by atoms with Gasteiger partial charge in [-0.1, -0.05) is 0 Å². The van der Waals surface area contributed by atoms with Crippen LogP contribution in [0.5, 0.6) is 0 Å². The van der Waals surface area contributed by atoms with E-state index in [4.69, 9.17) is 4.74 Å². The second-order valence-electron chi connectivity index (χ2n) is 5.05. The van der Waals surface area contributed by atoms with Crippen LogP contribution >= 0.6 is 0 Å². The molecule has 3 saturated heterocycles. The van der Waals surface area contributed by atoms with Crippen molar-refractivity contribution in [2.45, 2.75) is 20.0 Å². The van der Waals surface area contributed by atoms with Crippen molar-refractivity contribution in [2.24, 2.45) is 0 Å². The first-order valence-corrected chi connectivity index (χ1v) is 5.87. The Morgan fingerprint density at radius 2 is 1.80 bits per heavy atom. The quantitative estimate of drug-likeness (QED) is 0.491. The lowest BCUT2D eigenvalue weighted by molar-refractivity contribution is -0.934. The Morgan fingerprint density at radius 3 is 2.27 bits per heavy atom. The number of esters is 1. The zero-order valence-electron chi connectivity index (χ0n) is 9.74. The molecule has 2 bridgehead atoms. The maximum absolute atomic E-state index is 11.7. The summed E-state index contributed by atoms with van der Waals surface area (Å²) >= 11 is 0. The molecule has 0 aromatic heterocycles. The summed E-state index contributed by atoms with van der Waals surface area (Å²) in [5, 5.41) is 0. The van der Waals surface area contributed by atoms with Crippen LogP contribution in [0.1, 0.15) is 13.8 Å². The first-order chi connectivity index (χ1) is 7.10. The fourth-order valence-electron chi connectivity index (χ4n) is 2.54. The summed E-state index contributed by atoms with van der Waals surface area (Å²) in [5.74, 6) is -0.0275. The minimum atomic E-state index is -0.0275. The Morgan fingerprint density at radius 1 is 1.27 bits per heavy atom. The molecule has 86 valence electrons. The van der Waals surface area contributed by atoms with Crippen LogP contribution in [-0.2, 0) is 9.53 Å². The largest absolute Gasteiger partial charge is 0.459 e. The van der Waals surface area contributed by atoms with Gasteiger partial charge in [-0.25, -0.2) is 4.79 Å². The zero-order chi connectivity index (χ0) is 10.9. The topological polar surface area (TPSA) is 29.5 Å². The Bertz CT molecular complexity index is 231. The highest BCUT2D eigenvalue weighted by Crippen LogP contribution is 2.19. The molecule has 0 radical (unpaired) electrons. The SMILES string of the molecule is CC(C)OC(=O)C[N+]12CCN(CC1)CC2. The zero-order valence-corrected chi connectivity index (χ0v) is 9.74. The van der Waals surface area contributed by atoms with Gasteiger partial charge >= 0.3 is 5.97 Å². The van der Waals surface area contributed by atoms with E-state index in [-0.39, 0.29) is 12.1 Å². The molecule has 0 spiro atoms. The van der Waals surface area contributed by atoms with Crippen molar-refractivity contribution in [2.75, 3.05) is 45.8 Å². The third-order valence-electron chi connectivity index (χ3n) is 3.50. The van der Waals surface area contributed by atoms with Gasteiger partial charge in [0.25, 0.3) is 0 Å². The molecule has 0 amide bonds. The smallest absolute Gasteiger partial charge is 0.362 e. The lowest BCUT2D eigenvalue weighted by Crippen LogP contribution is -2.68. The van der Waals surface area contributed by atoms with Crippen molar-refractivity contribution in [3.63, 3.8) is 0 Å². The molecular formula is C11H21N2O2+. The van der Waals surface area contributed by atoms with Crippen molar-refractivity contribution in [3.05, 3.63) is 0 Å². The van der Waals surface area contributed by atoms with E-state index in [1.807, 2.05) is 13.8 Å². The Balaban J connectivity index is 1.89. The van der Waals surface area contributed by atoms with Gasteiger partial charge in [0.15, 0.2) is 6.54 Å². The summed E-state index contributed by atoms with van der Waals surface area (Å²) in [6.45, 7) is 11.2. The van der Waals surface area contributed by atoms with E-state index in [2.05, 4.69) is 4.90 Å². The second kappa shape index (κ2) is 4.10. The van der Waals surface area contributed by atoms with Crippen molar-refractivity contribution in [3.8, 4) is 0 Å². The number of carbonyl (C=O) groups is 1. The van der Waals surface area contributed by atoms with Crippen molar-refractivity contribution >= 4 is 5.97 Å². The monoisotopic (exact) mass is 213 g/mol. The number of ether oxygens (including phenoxy) is 1. The molecule has 0 saturated carbocycles. The second-order valence-corrected chi connectivity index (χ2v) is 5.05. The summed E-state index contributed by atoms with van der Waals surface area (Å²) in [6, 6.07) is 0. The molecule has 0 aromatic rings. The van der Waals surface area contributed by atoms with Gasteiger partial charge in [-0.2, -0.15) is 0 Å². The van der Waals surface area contributed by atoms with Crippen molar-refractivity contribution < 1.29 is 14.0 Å². The van der Waals surface area contributed by atoms with Crippen LogP contribution in [-0.4, -0.2) is 67.3 Å². The number of carbonyl (C=O) groups excluding carboxylic acids is 1. The fourth-order valence-corrected chi connectivity index (χ4v) is 2.54. The minimum absolute atomic E-state index is 0.0155. The molecule has 3 aliphatic heterocycles. The van der Waals surface area contributed by atoms with E-state index >= 15 is 0 Å². The predicted octanol–water partition coefficient (Wildman–Crippen LogP) is 0.0840.